The van der Waals surface area contributed by atoms with Gasteiger partial charge in [0.05, 0.1) is 5.54 Å². The zero-order valence-electron chi connectivity index (χ0n) is 10.9. The van der Waals surface area contributed by atoms with Crippen LogP contribution in [0.15, 0.2) is 4.52 Å². The lowest BCUT2D eigenvalue weighted by atomic mass is 10.1. The molecule has 1 rings (SSSR count). The van der Waals surface area contributed by atoms with Crippen LogP contribution in [0, 0.1) is 0 Å². The molecular weight excluding hydrogens is 206 g/mol. The molecule has 0 aliphatic rings. The molecule has 1 heterocycles. The number of hydrogen-bond acceptors (Lipinski definition) is 5. The summed E-state index contributed by atoms with van der Waals surface area (Å²) in [6, 6.07) is 0. The molecule has 1 aromatic rings. The van der Waals surface area contributed by atoms with Gasteiger partial charge in [-0.15, -0.1) is 0 Å². The lowest BCUT2D eigenvalue weighted by Gasteiger charge is -2.20. The Morgan fingerprint density at radius 3 is 2.44 bits per heavy atom. The summed E-state index contributed by atoms with van der Waals surface area (Å²) >= 11 is 0. The van der Waals surface area contributed by atoms with E-state index < -0.39 is 5.60 Å². The molecule has 0 aromatic carbocycles. The summed E-state index contributed by atoms with van der Waals surface area (Å²) < 4.78 is 10.8. The highest BCUT2D eigenvalue weighted by Crippen LogP contribution is 2.24. The van der Waals surface area contributed by atoms with E-state index in [4.69, 9.17) is 9.26 Å². The van der Waals surface area contributed by atoms with Gasteiger partial charge >= 0.3 is 0 Å². The highest BCUT2D eigenvalue weighted by molar-refractivity contribution is 5.03. The number of hydrogen-bond donors (Lipinski definition) is 1. The molecule has 16 heavy (non-hydrogen) atoms. The second kappa shape index (κ2) is 4.51. The molecule has 0 amide bonds. The fourth-order valence-corrected chi connectivity index (χ4v) is 1.25. The fourth-order valence-electron chi connectivity index (χ4n) is 1.25. The highest BCUT2D eigenvalue weighted by Gasteiger charge is 2.31. The Labute approximate surface area is 96.6 Å². The number of nitrogens with zero attached hydrogens (tertiary/aromatic N) is 2. The van der Waals surface area contributed by atoms with Crippen molar-refractivity contribution in [3.63, 3.8) is 0 Å². The minimum absolute atomic E-state index is 0.326. The Balaban J connectivity index is 2.95. The molecule has 0 aliphatic carbocycles. The molecule has 5 heteroatoms. The van der Waals surface area contributed by atoms with E-state index in [1.807, 2.05) is 41.7 Å². The van der Waals surface area contributed by atoms with Gasteiger partial charge in [-0.2, -0.15) is 4.98 Å². The SMILES string of the molecule is CCOC(C)(C)c1noc(C(C)(C)NC)n1. The average Bonchev–Trinajstić information content (AvgIpc) is 2.67. The monoisotopic (exact) mass is 227 g/mol. The molecule has 1 N–H and O–H groups in total. The Bertz CT molecular complexity index is 345. The van der Waals surface area contributed by atoms with Crippen LogP contribution in [0.25, 0.3) is 0 Å². The van der Waals surface area contributed by atoms with E-state index in [0.29, 0.717) is 18.3 Å². The van der Waals surface area contributed by atoms with Crippen LogP contribution in [-0.4, -0.2) is 23.8 Å². The topological polar surface area (TPSA) is 60.2 Å². The van der Waals surface area contributed by atoms with Crippen molar-refractivity contribution in [2.75, 3.05) is 13.7 Å². The minimum Gasteiger partial charge on any atom is -0.368 e. The van der Waals surface area contributed by atoms with Crippen LogP contribution in [0.3, 0.4) is 0 Å². The summed E-state index contributed by atoms with van der Waals surface area (Å²) in [6.07, 6.45) is 0. The van der Waals surface area contributed by atoms with Crippen LogP contribution in [0.4, 0.5) is 0 Å². The van der Waals surface area contributed by atoms with Crippen molar-refractivity contribution in [1.82, 2.24) is 15.5 Å². The lowest BCUT2D eigenvalue weighted by molar-refractivity contribution is -0.0221. The first-order valence-electron chi connectivity index (χ1n) is 5.51. The van der Waals surface area contributed by atoms with Crippen LogP contribution in [0.1, 0.15) is 46.3 Å². The summed E-state index contributed by atoms with van der Waals surface area (Å²) in [6.45, 7) is 10.4. The van der Waals surface area contributed by atoms with Gasteiger partial charge in [0.25, 0.3) is 0 Å². The molecular formula is C11H21N3O2. The van der Waals surface area contributed by atoms with E-state index in [0.717, 1.165) is 0 Å². The van der Waals surface area contributed by atoms with Crippen LogP contribution in [0.5, 0.6) is 0 Å². The predicted molar refractivity (Wildman–Crippen MR) is 61.0 cm³/mol. The molecule has 0 bridgehead atoms. The Kier molecular flexibility index (Phi) is 3.70. The Morgan fingerprint density at radius 1 is 1.31 bits per heavy atom. The zero-order chi connectivity index (χ0) is 12.4. The third-order valence-electron chi connectivity index (χ3n) is 2.63. The van der Waals surface area contributed by atoms with Crippen molar-refractivity contribution >= 4 is 0 Å². The quantitative estimate of drug-likeness (QED) is 0.831. The molecule has 0 fully saturated rings. The first-order chi connectivity index (χ1) is 7.33. The van der Waals surface area contributed by atoms with Crippen molar-refractivity contribution in [3.05, 3.63) is 11.7 Å². The maximum atomic E-state index is 5.57. The van der Waals surface area contributed by atoms with Gasteiger partial charge < -0.3 is 14.6 Å². The molecule has 0 spiro atoms. The van der Waals surface area contributed by atoms with E-state index in [1.165, 1.54) is 0 Å². The predicted octanol–water partition coefficient (Wildman–Crippen LogP) is 1.80. The largest absolute Gasteiger partial charge is 0.368 e. The van der Waals surface area contributed by atoms with Crippen molar-refractivity contribution in [1.29, 1.82) is 0 Å². The van der Waals surface area contributed by atoms with E-state index in [9.17, 15) is 0 Å². The summed E-state index contributed by atoms with van der Waals surface area (Å²) in [5, 5.41) is 7.09. The Hall–Kier alpha value is -0.940. The van der Waals surface area contributed by atoms with Gasteiger partial charge in [0.1, 0.15) is 5.60 Å². The molecule has 0 saturated carbocycles. The zero-order valence-corrected chi connectivity index (χ0v) is 10.9. The molecule has 0 saturated heterocycles. The standard InChI is InChI=1S/C11H21N3O2/c1-7-15-11(4,5)8-13-9(16-14-8)10(2,3)12-6/h12H,7H2,1-6H3. The van der Waals surface area contributed by atoms with E-state index >= 15 is 0 Å². The second-order valence-electron chi connectivity index (χ2n) is 4.74. The summed E-state index contributed by atoms with van der Waals surface area (Å²) in [4.78, 5) is 4.38. The van der Waals surface area contributed by atoms with Crippen molar-refractivity contribution in [3.8, 4) is 0 Å². The number of ether oxygens (including phenoxy) is 1. The smallest absolute Gasteiger partial charge is 0.246 e. The molecule has 0 radical (unpaired) electrons. The first-order valence-corrected chi connectivity index (χ1v) is 5.51. The van der Waals surface area contributed by atoms with Gasteiger partial charge in [-0.25, -0.2) is 0 Å². The van der Waals surface area contributed by atoms with Crippen LogP contribution < -0.4 is 5.32 Å². The van der Waals surface area contributed by atoms with Gasteiger partial charge in [-0.05, 0) is 41.7 Å². The third kappa shape index (κ3) is 2.59. The molecule has 0 unspecified atom stereocenters. The normalized spacial score (nSPS) is 13.1. The van der Waals surface area contributed by atoms with Gasteiger partial charge in [-0.1, -0.05) is 5.16 Å². The van der Waals surface area contributed by atoms with E-state index in [-0.39, 0.29) is 5.54 Å². The summed E-state index contributed by atoms with van der Waals surface area (Å²) in [7, 11) is 1.86. The molecule has 5 nitrogen and oxygen atoms in total. The number of nitrogens with one attached hydrogen (secondary N) is 1. The van der Waals surface area contributed by atoms with Crippen molar-refractivity contribution in [2.24, 2.45) is 0 Å². The molecule has 1 aromatic heterocycles. The van der Waals surface area contributed by atoms with Gasteiger partial charge in [0, 0.05) is 6.61 Å². The lowest BCUT2D eigenvalue weighted by Crippen LogP contribution is -2.33. The van der Waals surface area contributed by atoms with Crippen LogP contribution in [-0.2, 0) is 15.9 Å². The highest BCUT2D eigenvalue weighted by atomic mass is 16.5. The maximum absolute atomic E-state index is 5.57. The molecule has 0 aliphatic heterocycles. The van der Waals surface area contributed by atoms with Crippen LogP contribution >= 0.6 is 0 Å². The van der Waals surface area contributed by atoms with E-state index in [2.05, 4.69) is 15.5 Å². The van der Waals surface area contributed by atoms with Crippen LogP contribution in [0.2, 0.25) is 0 Å². The fraction of sp³-hybridized carbons (Fsp3) is 0.818. The maximum Gasteiger partial charge on any atom is 0.246 e. The van der Waals surface area contributed by atoms with E-state index in [1.54, 1.807) is 0 Å². The Morgan fingerprint density at radius 2 is 1.94 bits per heavy atom. The summed E-state index contributed by atoms with van der Waals surface area (Å²) in [5.41, 5.74) is -0.839. The van der Waals surface area contributed by atoms with Gasteiger partial charge in [0.2, 0.25) is 11.7 Å². The van der Waals surface area contributed by atoms with Crippen molar-refractivity contribution < 1.29 is 9.26 Å². The molecule has 92 valence electrons. The third-order valence-corrected chi connectivity index (χ3v) is 2.63. The van der Waals surface area contributed by atoms with Gasteiger partial charge in [0.15, 0.2) is 0 Å². The second-order valence-corrected chi connectivity index (χ2v) is 4.74. The first kappa shape index (κ1) is 13.1. The summed E-state index contributed by atoms with van der Waals surface area (Å²) in [5.74, 6) is 1.14. The minimum atomic E-state index is -0.514. The average molecular weight is 227 g/mol. The number of rotatable bonds is 5. The molecule has 0 atom stereocenters. The van der Waals surface area contributed by atoms with Gasteiger partial charge in [-0.3, -0.25) is 0 Å². The van der Waals surface area contributed by atoms with Crippen molar-refractivity contribution in [2.45, 2.75) is 45.8 Å². The number of aromatic nitrogens is 2.